The lowest BCUT2D eigenvalue weighted by Gasteiger charge is -2.33. The van der Waals surface area contributed by atoms with Crippen LogP contribution in [0.25, 0.3) is 0 Å². The number of rotatable bonds is 5. The SMILES string of the molecule is O=C(CC1NNC2CCCCC21)N[C@@H]1COCC[C@@H]1Oc1cccc(F)c1. The zero-order valence-electron chi connectivity index (χ0n) is 15.5. The molecule has 3 fully saturated rings. The Morgan fingerprint density at radius 2 is 2.15 bits per heavy atom. The van der Waals surface area contributed by atoms with E-state index >= 15 is 0 Å². The molecule has 6 nitrogen and oxygen atoms in total. The molecule has 148 valence electrons. The van der Waals surface area contributed by atoms with Gasteiger partial charge in [-0.2, -0.15) is 0 Å². The van der Waals surface area contributed by atoms with Gasteiger partial charge in [-0.15, -0.1) is 0 Å². The third kappa shape index (κ3) is 4.59. The molecule has 7 heteroatoms. The predicted molar refractivity (Wildman–Crippen MR) is 98.6 cm³/mol. The first-order valence-electron chi connectivity index (χ1n) is 9.99. The van der Waals surface area contributed by atoms with Crippen LogP contribution in [0, 0.1) is 11.7 Å². The molecule has 1 aromatic rings. The van der Waals surface area contributed by atoms with Crippen molar-refractivity contribution >= 4 is 5.91 Å². The molecule has 0 spiro atoms. The molecular formula is C20H28FN3O3. The molecule has 1 amide bonds. The lowest BCUT2D eigenvalue weighted by atomic mass is 9.81. The summed E-state index contributed by atoms with van der Waals surface area (Å²) in [5, 5.41) is 3.08. The number of halogens is 1. The molecule has 3 unspecified atom stereocenters. The van der Waals surface area contributed by atoms with E-state index in [1.807, 2.05) is 0 Å². The predicted octanol–water partition coefficient (Wildman–Crippen LogP) is 1.90. The van der Waals surface area contributed by atoms with Gasteiger partial charge in [0, 0.05) is 31.0 Å². The highest BCUT2D eigenvalue weighted by molar-refractivity contribution is 5.77. The maximum atomic E-state index is 13.4. The molecule has 3 aliphatic rings. The van der Waals surface area contributed by atoms with E-state index in [4.69, 9.17) is 9.47 Å². The molecule has 4 rings (SSSR count). The van der Waals surface area contributed by atoms with Crippen LogP contribution in [-0.2, 0) is 9.53 Å². The fourth-order valence-corrected chi connectivity index (χ4v) is 4.52. The van der Waals surface area contributed by atoms with Crippen molar-refractivity contribution < 1.29 is 18.7 Å². The Hall–Kier alpha value is -1.70. The second kappa shape index (κ2) is 8.54. The van der Waals surface area contributed by atoms with Crippen LogP contribution < -0.4 is 20.9 Å². The molecule has 2 aliphatic heterocycles. The highest BCUT2D eigenvalue weighted by Crippen LogP contribution is 2.31. The molecule has 1 aromatic carbocycles. The molecule has 3 N–H and O–H groups in total. The minimum atomic E-state index is -0.331. The Morgan fingerprint density at radius 1 is 1.26 bits per heavy atom. The Balaban J connectivity index is 1.33. The molecule has 1 aliphatic carbocycles. The first-order valence-corrected chi connectivity index (χ1v) is 9.99. The molecule has 5 atom stereocenters. The number of benzene rings is 1. The number of amides is 1. The largest absolute Gasteiger partial charge is 0.488 e. The lowest BCUT2D eigenvalue weighted by Crippen LogP contribution is -2.52. The van der Waals surface area contributed by atoms with Crippen LogP contribution in [0.3, 0.4) is 0 Å². The van der Waals surface area contributed by atoms with E-state index in [2.05, 4.69) is 16.2 Å². The number of nitrogens with one attached hydrogen (secondary N) is 3. The van der Waals surface area contributed by atoms with Crippen molar-refractivity contribution in [3.63, 3.8) is 0 Å². The standard InChI is InChI=1S/C20H28FN3O3/c21-13-4-3-5-14(10-13)27-19-8-9-26-12-18(19)22-20(25)11-17-15-6-1-2-7-16(15)23-24-17/h3-5,10,15-19,23-24H,1-2,6-9,11-12H2,(H,22,25)/t15?,16?,17?,18-,19+/m1/s1. The summed E-state index contributed by atoms with van der Waals surface area (Å²) in [5.74, 6) is 0.671. The second-order valence-corrected chi connectivity index (χ2v) is 7.81. The molecule has 0 bridgehead atoms. The van der Waals surface area contributed by atoms with Crippen molar-refractivity contribution in [2.75, 3.05) is 13.2 Å². The molecular weight excluding hydrogens is 349 g/mol. The summed E-state index contributed by atoms with van der Waals surface area (Å²) in [5.41, 5.74) is 6.66. The van der Waals surface area contributed by atoms with Gasteiger partial charge < -0.3 is 14.8 Å². The summed E-state index contributed by atoms with van der Waals surface area (Å²) in [7, 11) is 0. The van der Waals surface area contributed by atoms with Gasteiger partial charge in [-0.1, -0.05) is 18.9 Å². The van der Waals surface area contributed by atoms with Crippen LogP contribution in [-0.4, -0.2) is 43.4 Å². The van der Waals surface area contributed by atoms with E-state index in [1.54, 1.807) is 12.1 Å². The van der Waals surface area contributed by atoms with Crippen molar-refractivity contribution in [3.05, 3.63) is 30.1 Å². The van der Waals surface area contributed by atoms with Crippen molar-refractivity contribution in [1.82, 2.24) is 16.2 Å². The highest BCUT2D eigenvalue weighted by atomic mass is 19.1. The summed E-state index contributed by atoms with van der Waals surface area (Å²) < 4.78 is 24.9. The van der Waals surface area contributed by atoms with Crippen LogP contribution in [0.2, 0.25) is 0 Å². The minimum Gasteiger partial charge on any atom is -0.488 e. The van der Waals surface area contributed by atoms with Crippen LogP contribution in [0.4, 0.5) is 4.39 Å². The lowest BCUT2D eigenvalue weighted by molar-refractivity contribution is -0.125. The second-order valence-electron chi connectivity index (χ2n) is 7.81. The van der Waals surface area contributed by atoms with E-state index in [-0.39, 0.29) is 29.9 Å². The summed E-state index contributed by atoms with van der Waals surface area (Å²) in [6.07, 6.45) is 5.72. The Bertz CT molecular complexity index is 659. The van der Waals surface area contributed by atoms with Crippen LogP contribution in [0.15, 0.2) is 24.3 Å². The molecule has 1 saturated carbocycles. The van der Waals surface area contributed by atoms with Crippen LogP contribution >= 0.6 is 0 Å². The summed E-state index contributed by atoms with van der Waals surface area (Å²) in [4.78, 5) is 12.6. The fourth-order valence-electron chi connectivity index (χ4n) is 4.52. The van der Waals surface area contributed by atoms with Gasteiger partial charge in [0.05, 0.1) is 19.3 Å². The quantitative estimate of drug-likeness (QED) is 0.731. The molecule has 2 heterocycles. The monoisotopic (exact) mass is 377 g/mol. The zero-order valence-corrected chi connectivity index (χ0v) is 15.5. The fraction of sp³-hybridized carbons (Fsp3) is 0.650. The topological polar surface area (TPSA) is 71.6 Å². The number of hydrogen-bond acceptors (Lipinski definition) is 5. The van der Waals surface area contributed by atoms with E-state index in [0.717, 1.165) is 0 Å². The highest BCUT2D eigenvalue weighted by Gasteiger charge is 2.38. The van der Waals surface area contributed by atoms with Gasteiger partial charge >= 0.3 is 0 Å². The Morgan fingerprint density at radius 3 is 3.04 bits per heavy atom. The summed E-state index contributed by atoms with van der Waals surface area (Å²) in [6, 6.07) is 6.53. The van der Waals surface area contributed by atoms with Crippen LogP contribution in [0.5, 0.6) is 5.75 Å². The van der Waals surface area contributed by atoms with Gasteiger partial charge in [-0.25, -0.2) is 4.39 Å². The van der Waals surface area contributed by atoms with Crippen molar-refractivity contribution in [1.29, 1.82) is 0 Å². The number of hydrazine groups is 1. The smallest absolute Gasteiger partial charge is 0.222 e. The average molecular weight is 377 g/mol. The third-order valence-corrected chi connectivity index (χ3v) is 5.92. The molecule has 27 heavy (non-hydrogen) atoms. The van der Waals surface area contributed by atoms with Gasteiger partial charge in [0.1, 0.15) is 17.7 Å². The number of fused-ring (bicyclic) bond motifs is 1. The summed E-state index contributed by atoms with van der Waals surface area (Å²) in [6.45, 7) is 0.984. The zero-order chi connectivity index (χ0) is 18.6. The van der Waals surface area contributed by atoms with Gasteiger partial charge in [0.2, 0.25) is 5.91 Å². The third-order valence-electron chi connectivity index (χ3n) is 5.92. The minimum absolute atomic E-state index is 0.00358. The number of ether oxygens (including phenoxy) is 2. The number of carbonyl (C=O) groups is 1. The Kier molecular flexibility index (Phi) is 5.90. The van der Waals surface area contributed by atoms with Gasteiger partial charge in [-0.05, 0) is 30.9 Å². The van der Waals surface area contributed by atoms with Crippen LogP contribution in [0.1, 0.15) is 38.5 Å². The van der Waals surface area contributed by atoms with Gasteiger partial charge in [-0.3, -0.25) is 15.6 Å². The normalized spacial score (nSPS) is 33.3. The first kappa shape index (κ1) is 18.7. The maximum absolute atomic E-state index is 13.4. The van der Waals surface area contributed by atoms with Gasteiger partial charge in [0.25, 0.3) is 0 Å². The van der Waals surface area contributed by atoms with Crippen molar-refractivity contribution in [2.45, 2.75) is 62.8 Å². The number of hydrogen-bond donors (Lipinski definition) is 3. The summed E-state index contributed by atoms with van der Waals surface area (Å²) >= 11 is 0. The Labute approximate surface area is 159 Å². The van der Waals surface area contributed by atoms with E-state index in [0.29, 0.717) is 43.8 Å². The van der Waals surface area contributed by atoms with Crippen molar-refractivity contribution in [3.8, 4) is 5.75 Å². The van der Waals surface area contributed by atoms with E-state index < -0.39 is 0 Å². The van der Waals surface area contributed by atoms with E-state index in [1.165, 1.54) is 37.8 Å². The van der Waals surface area contributed by atoms with E-state index in [9.17, 15) is 9.18 Å². The van der Waals surface area contributed by atoms with Crippen molar-refractivity contribution in [2.24, 2.45) is 5.92 Å². The number of carbonyl (C=O) groups excluding carboxylic acids is 1. The molecule has 0 aromatic heterocycles. The molecule has 2 saturated heterocycles. The maximum Gasteiger partial charge on any atom is 0.222 e. The molecule has 0 radical (unpaired) electrons. The van der Waals surface area contributed by atoms with Gasteiger partial charge in [0.15, 0.2) is 0 Å². The first-order chi connectivity index (χ1) is 13.2. The average Bonchev–Trinajstić information content (AvgIpc) is 3.06.